The maximum absolute atomic E-state index is 12.3. The zero-order valence-corrected chi connectivity index (χ0v) is 13.5. The van der Waals surface area contributed by atoms with Gasteiger partial charge in [-0.25, -0.2) is 13.1 Å². The van der Waals surface area contributed by atoms with Crippen LogP contribution in [0.5, 0.6) is 5.75 Å². The highest BCUT2D eigenvalue weighted by atomic mass is 32.2. The van der Waals surface area contributed by atoms with Crippen molar-refractivity contribution in [2.45, 2.75) is 50.1 Å². The molecule has 1 aromatic carbocycles. The van der Waals surface area contributed by atoms with Crippen LogP contribution >= 0.6 is 0 Å². The first-order chi connectivity index (χ1) is 10.1. The van der Waals surface area contributed by atoms with E-state index in [9.17, 15) is 8.42 Å². The van der Waals surface area contributed by atoms with E-state index >= 15 is 0 Å². The molecule has 1 aliphatic carbocycles. The van der Waals surface area contributed by atoms with Gasteiger partial charge in [0.2, 0.25) is 10.0 Å². The Bertz CT molecular complexity index is 568. The zero-order valence-electron chi connectivity index (χ0n) is 12.7. The summed E-state index contributed by atoms with van der Waals surface area (Å²) in [5, 5.41) is 3.27. The van der Waals surface area contributed by atoms with Crippen molar-refractivity contribution in [3.8, 4) is 5.75 Å². The van der Waals surface area contributed by atoms with Crippen LogP contribution in [0.25, 0.3) is 0 Å². The zero-order chi connectivity index (χ0) is 15.3. The highest BCUT2D eigenvalue weighted by Gasteiger charge is 2.25. The summed E-state index contributed by atoms with van der Waals surface area (Å²) in [7, 11) is -1.84. The first kappa shape index (κ1) is 16.3. The van der Waals surface area contributed by atoms with Gasteiger partial charge in [-0.05, 0) is 44.0 Å². The molecule has 0 bridgehead atoms. The molecule has 1 aliphatic rings. The molecule has 0 unspecified atom stereocenters. The number of hydrogen-bond acceptors (Lipinski definition) is 4. The molecule has 0 aliphatic heterocycles. The molecule has 6 heteroatoms. The number of benzene rings is 1. The molecule has 1 fully saturated rings. The van der Waals surface area contributed by atoms with Crippen LogP contribution < -0.4 is 14.8 Å². The number of nitrogens with one attached hydrogen (secondary N) is 2. The minimum Gasteiger partial charge on any atom is -0.496 e. The summed E-state index contributed by atoms with van der Waals surface area (Å²) in [4.78, 5) is 0.309. The average Bonchev–Trinajstić information content (AvgIpc) is 2.43. The van der Waals surface area contributed by atoms with Crippen LogP contribution in [0.4, 0.5) is 0 Å². The van der Waals surface area contributed by atoms with Gasteiger partial charge in [-0.15, -0.1) is 0 Å². The third kappa shape index (κ3) is 4.18. The minimum absolute atomic E-state index is 0.0961. The normalized spacial score (nSPS) is 15.7. The molecular weight excluding hydrogens is 288 g/mol. The second-order valence-electron chi connectivity index (χ2n) is 5.40. The summed E-state index contributed by atoms with van der Waals surface area (Å²) in [5.74, 6) is 0.709. The van der Waals surface area contributed by atoms with Gasteiger partial charge < -0.3 is 10.1 Å². The predicted molar refractivity (Wildman–Crippen MR) is 83.0 cm³/mol. The first-order valence-electron chi connectivity index (χ1n) is 7.46. The van der Waals surface area contributed by atoms with Crippen LogP contribution in [0.1, 0.15) is 38.2 Å². The second-order valence-corrected chi connectivity index (χ2v) is 7.11. The van der Waals surface area contributed by atoms with E-state index in [1.54, 1.807) is 25.3 Å². The Morgan fingerprint density at radius 1 is 1.33 bits per heavy atom. The van der Waals surface area contributed by atoms with Gasteiger partial charge in [-0.1, -0.05) is 13.3 Å². The molecule has 1 aromatic rings. The molecule has 21 heavy (non-hydrogen) atoms. The van der Waals surface area contributed by atoms with E-state index in [-0.39, 0.29) is 6.04 Å². The Labute approximate surface area is 127 Å². The van der Waals surface area contributed by atoms with E-state index in [4.69, 9.17) is 4.74 Å². The van der Waals surface area contributed by atoms with Crippen LogP contribution in [0.2, 0.25) is 0 Å². The van der Waals surface area contributed by atoms with E-state index < -0.39 is 10.0 Å². The topological polar surface area (TPSA) is 67.4 Å². The smallest absolute Gasteiger partial charge is 0.240 e. The Balaban J connectivity index is 2.17. The van der Waals surface area contributed by atoms with E-state index in [0.29, 0.717) is 17.2 Å². The summed E-state index contributed by atoms with van der Waals surface area (Å²) < 4.78 is 32.7. The van der Waals surface area contributed by atoms with Crippen molar-refractivity contribution in [1.29, 1.82) is 0 Å². The third-order valence-corrected chi connectivity index (χ3v) is 5.25. The molecule has 2 N–H and O–H groups in total. The Morgan fingerprint density at radius 3 is 2.67 bits per heavy atom. The van der Waals surface area contributed by atoms with Crippen molar-refractivity contribution >= 4 is 10.0 Å². The minimum atomic E-state index is -3.43. The van der Waals surface area contributed by atoms with Crippen molar-refractivity contribution in [2.75, 3.05) is 13.7 Å². The highest BCUT2D eigenvalue weighted by molar-refractivity contribution is 7.89. The van der Waals surface area contributed by atoms with Crippen LogP contribution in [-0.4, -0.2) is 28.1 Å². The number of methoxy groups -OCH3 is 1. The lowest BCUT2D eigenvalue weighted by Crippen LogP contribution is -2.39. The SMILES string of the molecule is CCCNCc1cc(S(=O)(=O)NC2CCC2)ccc1OC. The molecular formula is C15H24N2O3S. The lowest BCUT2D eigenvalue weighted by molar-refractivity contribution is 0.383. The molecule has 0 saturated heterocycles. The Kier molecular flexibility index (Phi) is 5.61. The lowest BCUT2D eigenvalue weighted by atomic mass is 9.94. The van der Waals surface area contributed by atoms with Gasteiger partial charge in [0.05, 0.1) is 12.0 Å². The lowest BCUT2D eigenvalue weighted by Gasteiger charge is -2.26. The molecule has 118 valence electrons. The number of ether oxygens (including phenoxy) is 1. The van der Waals surface area contributed by atoms with Crippen LogP contribution in [0.3, 0.4) is 0 Å². The Hall–Kier alpha value is -1.11. The highest BCUT2D eigenvalue weighted by Crippen LogP contribution is 2.25. The Morgan fingerprint density at radius 2 is 2.10 bits per heavy atom. The molecule has 0 radical (unpaired) electrons. The number of rotatable bonds is 8. The summed E-state index contributed by atoms with van der Waals surface area (Å²) in [6, 6.07) is 5.11. The first-order valence-corrected chi connectivity index (χ1v) is 8.95. The van der Waals surface area contributed by atoms with Gasteiger partial charge in [0.25, 0.3) is 0 Å². The van der Waals surface area contributed by atoms with Crippen molar-refractivity contribution < 1.29 is 13.2 Å². The molecule has 1 saturated carbocycles. The van der Waals surface area contributed by atoms with Gasteiger partial charge in [0.1, 0.15) is 5.75 Å². The molecule has 0 aromatic heterocycles. The maximum atomic E-state index is 12.3. The molecule has 5 nitrogen and oxygen atoms in total. The van der Waals surface area contributed by atoms with Crippen molar-refractivity contribution in [1.82, 2.24) is 10.0 Å². The van der Waals surface area contributed by atoms with Gasteiger partial charge in [0, 0.05) is 18.2 Å². The van der Waals surface area contributed by atoms with E-state index in [2.05, 4.69) is 17.0 Å². The summed E-state index contributed by atoms with van der Waals surface area (Å²) in [5.41, 5.74) is 0.863. The standard InChI is InChI=1S/C15H24N2O3S/c1-3-9-16-11-12-10-14(7-8-15(12)20-2)21(18,19)17-13-5-4-6-13/h7-8,10,13,16-17H,3-6,9,11H2,1-2H3. The third-order valence-electron chi connectivity index (χ3n) is 3.73. The quantitative estimate of drug-likeness (QED) is 0.721. The fraction of sp³-hybridized carbons (Fsp3) is 0.600. The van der Waals surface area contributed by atoms with E-state index in [1.165, 1.54) is 0 Å². The van der Waals surface area contributed by atoms with E-state index in [0.717, 1.165) is 37.8 Å². The van der Waals surface area contributed by atoms with E-state index in [1.807, 2.05) is 0 Å². The van der Waals surface area contributed by atoms with Gasteiger partial charge in [0.15, 0.2) is 0 Å². The largest absolute Gasteiger partial charge is 0.496 e. The van der Waals surface area contributed by atoms with Crippen LogP contribution in [0, 0.1) is 0 Å². The molecule has 0 amide bonds. The van der Waals surface area contributed by atoms with Gasteiger partial charge >= 0.3 is 0 Å². The van der Waals surface area contributed by atoms with Crippen molar-refractivity contribution in [3.05, 3.63) is 23.8 Å². The molecule has 0 heterocycles. The maximum Gasteiger partial charge on any atom is 0.240 e. The van der Waals surface area contributed by atoms with Gasteiger partial charge in [-0.3, -0.25) is 0 Å². The number of sulfonamides is 1. The summed E-state index contributed by atoms with van der Waals surface area (Å²) >= 11 is 0. The summed E-state index contributed by atoms with van der Waals surface area (Å²) in [6.45, 7) is 3.58. The van der Waals surface area contributed by atoms with Crippen molar-refractivity contribution in [3.63, 3.8) is 0 Å². The van der Waals surface area contributed by atoms with Gasteiger partial charge in [-0.2, -0.15) is 0 Å². The molecule has 0 spiro atoms. The van der Waals surface area contributed by atoms with Crippen molar-refractivity contribution in [2.24, 2.45) is 0 Å². The number of hydrogen-bond donors (Lipinski definition) is 2. The fourth-order valence-electron chi connectivity index (χ4n) is 2.27. The van der Waals surface area contributed by atoms with Crippen LogP contribution in [0.15, 0.2) is 23.1 Å². The predicted octanol–water partition coefficient (Wildman–Crippen LogP) is 2.03. The molecule has 2 rings (SSSR count). The summed E-state index contributed by atoms with van der Waals surface area (Å²) in [6.07, 6.45) is 3.99. The second kappa shape index (κ2) is 7.24. The van der Waals surface area contributed by atoms with Crippen LogP contribution in [-0.2, 0) is 16.6 Å². The monoisotopic (exact) mass is 312 g/mol. The fourth-order valence-corrected chi connectivity index (χ4v) is 3.63. The average molecular weight is 312 g/mol. The molecule has 0 atom stereocenters.